The van der Waals surface area contributed by atoms with Crippen molar-refractivity contribution in [2.24, 2.45) is 34.5 Å². The molecule has 1 aromatic heterocycles. The SMILES string of the molecule is CC[C@]1(O)CC[C@@]2(C)C(=CC[C@@H]3C2CC[C@@]2(C)C3CC[C@@H]2CCCC(O)c2cc(C)ccn2)C1. The van der Waals surface area contributed by atoms with Gasteiger partial charge in [-0.25, -0.2) is 0 Å². The molecular weight excluding hydrogens is 418 g/mol. The molecule has 3 heteroatoms. The Morgan fingerprint density at radius 3 is 2.71 bits per heavy atom. The first-order valence-electron chi connectivity index (χ1n) is 14.2. The van der Waals surface area contributed by atoms with E-state index in [1.807, 2.05) is 18.3 Å². The molecule has 4 aliphatic rings. The largest absolute Gasteiger partial charge is 0.390 e. The van der Waals surface area contributed by atoms with Crippen LogP contribution in [0, 0.1) is 41.4 Å². The summed E-state index contributed by atoms with van der Waals surface area (Å²) in [5, 5.41) is 21.7. The molecule has 2 N–H and O–H groups in total. The fraction of sp³-hybridized carbons (Fsp3) is 0.774. The molecule has 8 atom stereocenters. The summed E-state index contributed by atoms with van der Waals surface area (Å²) in [4.78, 5) is 4.40. The van der Waals surface area contributed by atoms with Crippen LogP contribution < -0.4 is 0 Å². The summed E-state index contributed by atoms with van der Waals surface area (Å²) < 4.78 is 0. The Morgan fingerprint density at radius 2 is 1.94 bits per heavy atom. The first-order chi connectivity index (χ1) is 16.2. The molecule has 34 heavy (non-hydrogen) atoms. The number of aliphatic hydroxyl groups excluding tert-OH is 1. The van der Waals surface area contributed by atoms with Gasteiger partial charge in [0.2, 0.25) is 0 Å². The molecule has 5 rings (SSSR count). The van der Waals surface area contributed by atoms with Gasteiger partial charge in [0.15, 0.2) is 0 Å². The summed E-state index contributed by atoms with van der Waals surface area (Å²) in [6, 6.07) is 4.02. The number of fused-ring (bicyclic) bond motifs is 5. The molecule has 0 amide bonds. The van der Waals surface area contributed by atoms with Gasteiger partial charge in [-0.2, -0.15) is 0 Å². The van der Waals surface area contributed by atoms with Gasteiger partial charge in [0, 0.05) is 6.20 Å². The third-order valence-electron chi connectivity index (χ3n) is 11.4. The van der Waals surface area contributed by atoms with Crippen molar-refractivity contribution in [1.82, 2.24) is 4.98 Å². The van der Waals surface area contributed by atoms with Crippen molar-refractivity contribution in [3.8, 4) is 0 Å². The second-order valence-electron chi connectivity index (χ2n) is 13.0. The lowest BCUT2D eigenvalue weighted by atomic mass is 9.46. The summed E-state index contributed by atoms with van der Waals surface area (Å²) >= 11 is 0. The van der Waals surface area contributed by atoms with Gasteiger partial charge in [-0.05, 0) is 130 Å². The van der Waals surface area contributed by atoms with Crippen molar-refractivity contribution in [3.63, 3.8) is 0 Å². The smallest absolute Gasteiger partial charge is 0.0959 e. The second kappa shape index (κ2) is 9.04. The number of pyridine rings is 1. The maximum atomic E-state index is 11.0. The molecule has 0 aliphatic heterocycles. The maximum Gasteiger partial charge on any atom is 0.0959 e. The van der Waals surface area contributed by atoms with E-state index in [1.165, 1.54) is 50.5 Å². The van der Waals surface area contributed by atoms with Crippen molar-refractivity contribution in [2.75, 3.05) is 0 Å². The van der Waals surface area contributed by atoms with Crippen LogP contribution in [0.4, 0.5) is 0 Å². The van der Waals surface area contributed by atoms with Crippen LogP contribution in [0.1, 0.15) is 115 Å². The Labute approximate surface area is 207 Å². The zero-order valence-corrected chi connectivity index (χ0v) is 22.0. The number of nitrogens with zero attached hydrogens (tertiary/aromatic N) is 1. The molecule has 4 aliphatic carbocycles. The van der Waals surface area contributed by atoms with Crippen LogP contribution in [-0.4, -0.2) is 20.8 Å². The van der Waals surface area contributed by atoms with Crippen molar-refractivity contribution >= 4 is 0 Å². The van der Waals surface area contributed by atoms with E-state index >= 15 is 0 Å². The standard InChI is InChI=1S/C31H47NO2/c1-5-31(34)17-16-30(4)23(20-31)9-11-24-25-12-10-22(29(25,3)15-13-26(24)30)7-6-8-28(33)27-19-21(2)14-18-32-27/h9,14,18-19,22,24-26,28,33-34H,5-8,10-13,15-17,20H2,1-4H3/t22-,24-,25?,26?,28?,29+,30-,31-/m0/s1. The number of aryl methyl sites for hydroxylation is 1. The Hall–Kier alpha value is -1.19. The number of allylic oxidation sites excluding steroid dienone is 1. The first-order valence-corrected chi connectivity index (χ1v) is 14.2. The molecule has 1 heterocycles. The van der Waals surface area contributed by atoms with Crippen LogP contribution >= 0.6 is 0 Å². The highest BCUT2D eigenvalue weighted by molar-refractivity contribution is 5.27. The van der Waals surface area contributed by atoms with E-state index in [1.54, 1.807) is 5.57 Å². The van der Waals surface area contributed by atoms with Gasteiger partial charge >= 0.3 is 0 Å². The van der Waals surface area contributed by atoms with Gasteiger partial charge in [0.25, 0.3) is 0 Å². The average Bonchev–Trinajstić information content (AvgIpc) is 3.16. The van der Waals surface area contributed by atoms with E-state index in [0.29, 0.717) is 10.8 Å². The van der Waals surface area contributed by atoms with Crippen LogP contribution in [0.5, 0.6) is 0 Å². The van der Waals surface area contributed by atoms with E-state index in [9.17, 15) is 10.2 Å². The number of aliphatic hydroxyl groups is 2. The van der Waals surface area contributed by atoms with Crippen molar-refractivity contribution in [2.45, 2.75) is 116 Å². The summed E-state index contributed by atoms with van der Waals surface area (Å²) in [7, 11) is 0. The minimum Gasteiger partial charge on any atom is -0.390 e. The average molecular weight is 466 g/mol. The maximum absolute atomic E-state index is 11.0. The monoisotopic (exact) mass is 465 g/mol. The Morgan fingerprint density at radius 1 is 1.12 bits per heavy atom. The van der Waals surface area contributed by atoms with Crippen LogP contribution in [0.2, 0.25) is 0 Å². The van der Waals surface area contributed by atoms with Crippen LogP contribution in [0.15, 0.2) is 30.0 Å². The molecule has 3 saturated carbocycles. The fourth-order valence-corrected chi connectivity index (χ4v) is 9.04. The molecule has 0 spiro atoms. The number of rotatable bonds is 6. The van der Waals surface area contributed by atoms with Gasteiger partial charge in [0.05, 0.1) is 17.4 Å². The summed E-state index contributed by atoms with van der Waals surface area (Å²) in [6.45, 7) is 9.37. The van der Waals surface area contributed by atoms with Gasteiger partial charge in [-0.3, -0.25) is 4.98 Å². The Balaban J connectivity index is 1.24. The van der Waals surface area contributed by atoms with Gasteiger partial charge in [-0.15, -0.1) is 0 Å². The highest BCUT2D eigenvalue weighted by Gasteiger charge is 2.59. The lowest BCUT2D eigenvalue weighted by molar-refractivity contribution is -0.0718. The normalized spacial score (nSPS) is 42.4. The molecule has 3 nitrogen and oxygen atoms in total. The first kappa shape index (κ1) is 24.5. The minimum atomic E-state index is -0.460. The fourth-order valence-electron chi connectivity index (χ4n) is 9.04. The van der Waals surface area contributed by atoms with Crippen LogP contribution in [-0.2, 0) is 0 Å². The highest BCUT2D eigenvalue weighted by Crippen LogP contribution is 2.67. The Bertz CT molecular complexity index is 926. The van der Waals surface area contributed by atoms with Gasteiger partial charge < -0.3 is 10.2 Å². The van der Waals surface area contributed by atoms with E-state index in [-0.39, 0.29) is 0 Å². The van der Waals surface area contributed by atoms with Crippen molar-refractivity contribution in [3.05, 3.63) is 41.2 Å². The van der Waals surface area contributed by atoms with Crippen molar-refractivity contribution in [1.29, 1.82) is 0 Å². The molecule has 0 bridgehead atoms. The molecule has 0 saturated heterocycles. The topological polar surface area (TPSA) is 53.4 Å². The number of hydrogen-bond donors (Lipinski definition) is 2. The quantitative estimate of drug-likeness (QED) is 0.433. The third-order valence-corrected chi connectivity index (χ3v) is 11.4. The predicted molar refractivity (Wildman–Crippen MR) is 138 cm³/mol. The lowest BCUT2D eigenvalue weighted by Crippen LogP contribution is -2.52. The second-order valence-corrected chi connectivity index (χ2v) is 13.0. The summed E-state index contributed by atoms with van der Waals surface area (Å²) in [5.41, 5.74) is 3.90. The molecule has 3 fully saturated rings. The van der Waals surface area contributed by atoms with Crippen molar-refractivity contribution < 1.29 is 10.2 Å². The minimum absolute atomic E-state index is 0.314. The van der Waals surface area contributed by atoms with Gasteiger partial charge in [-0.1, -0.05) is 38.8 Å². The van der Waals surface area contributed by atoms with E-state index in [2.05, 4.69) is 38.8 Å². The molecule has 3 unspecified atom stereocenters. The van der Waals surface area contributed by atoms with Crippen LogP contribution in [0.3, 0.4) is 0 Å². The molecule has 0 radical (unpaired) electrons. The number of aromatic nitrogens is 1. The highest BCUT2D eigenvalue weighted by atomic mass is 16.3. The summed E-state index contributed by atoms with van der Waals surface area (Å²) in [5.74, 6) is 3.28. The lowest BCUT2D eigenvalue weighted by Gasteiger charge is -2.59. The van der Waals surface area contributed by atoms with Crippen LogP contribution in [0.25, 0.3) is 0 Å². The summed E-state index contributed by atoms with van der Waals surface area (Å²) in [6.07, 6.45) is 17.8. The van der Waals surface area contributed by atoms with E-state index in [0.717, 1.165) is 61.5 Å². The molecule has 188 valence electrons. The predicted octanol–water partition coefficient (Wildman–Crippen LogP) is 7.31. The Kier molecular flexibility index (Phi) is 6.51. The van der Waals surface area contributed by atoms with E-state index in [4.69, 9.17) is 0 Å². The van der Waals surface area contributed by atoms with Gasteiger partial charge in [0.1, 0.15) is 0 Å². The zero-order valence-electron chi connectivity index (χ0n) is 22.0. The molecular formula is C31H47NO2. The molecule has 1 aromatic rings. The zero-order chi connectivity index (χ0) is 24.1. The number of hydrogen-bond acceptors (Lipinski definition) is 3. The van der Waals surface area contributed by atoms with E-state index < -0.39 is 11.7 Å². The third kappa shape index (κ3) is 4.09. The molecule has 0 aromatic carbocycles.